The number of hydrogen-bond donors (Lipinski definition) is 0. The van der Waals surface area contributed by atoms with Crippen molar-refractivity contribution in [1.29, 1.82) is 21.0 Å². The van der Waals surface area contributed by atoms with Gasteiger partial charge >= 0.3 is 0 Å². The van der Waals surface area contributed by atoms with Gasteiger partial charge in [0.25, 0.3) is 0 Å². The van der Waals surface area contributed by atoms with E-state index in [1.807, 2.05) is 48.5 Å². The maximum atomic E-state index is 11.9. The third-order valence-electron chi connectivity index (χ3n) is 17.8. The molecule has 0 bridgehead atoms. The Hall–Kier alpha value is -13.6. The molecule has 0 aliphatic rings. The Morgan fingerprint density at radius 2 is 0.564 bits per heavy atom. The van der Waals surface area contributed by atoms with E-state index < -0.39 is 0 Å². The van der Waals surface area contributed by atoms with Gasteiger partial charge in [0.1, 0.15) is 123 Å². The highest BCUT2D eigenvalue weighted by molar-refractivity contribution is 9.11. The number of nitriles is 4. The van der Waals surface area contributed by atoms with Crippen LogP contribution in [0.2, 0.25) is 0 Å². The minimum Gasteiger partial charge on any atom is -0.489 e. The first-order chi connectivity index (χ1) is 53.6. The molecule has 0 spiro atoms. The number of ether oxygens (including phenoxy) is 8. The summed E-state index contributed by atoms with van der Waals surface area (Å²) >= 11 is 7.06. The number of pyridine rings is 4. The number of benzene rings is 8. The summed E-state index contributed by atoms with van der Waals surface area (Å²) in [7, 11) is 0. The van der Waals surface area contributed by atoms with Gasteiger partial charge in [0, 0.05) is 96.1 Å². The van der Waals surface area contributed by atoms with Crippen LogP contribution in [0.3, 0.4) is 0 Å². The van der Waals surface area contributed by atoms with Gasteiger partial charge in [-0.1, -0.05) is 72.8 Å². The van der Waals surface area contributed by atoms with E-state index in [-0.39, 0.29) is 52.9 Å². The Morgan fingerprint density at radius 1 is 0.300 bits per heavy atom. The molecule has 12 rings (SSSR count). The quantitative estimate of drug-likeness (QED) is 0.0378. The van der Waals surface area contributed by atoms with Crippen molar-refractivity contribution in [3.05, 3.63) is 328 Å². The van der Waals surface area contributed by atoms with E-state index in [4.69, 9.17) is 48.4 Å². The third-order valence-corrected chi connectivity index (χ3v) is 19.0. The number of aromatic nitrogens is 4. The number of carbonyl (C=O) groups excluding carboxylic acids is 4. The van der Waals surface area contributed by atoms with Gasteiger partial charge in [-0.25, -0.2) is 0 Å². The summed E-state index contributed by atoms with van der Waals surface area (Å²) in [4.78, 5) is 63.4. The molecule has 0 saturated carbocycles. The number of rotatable bonds is 30. The Balaban J connectivity index is 0.000000218. The first-order valence-electron chi connectivity index (χ1n) is 34.1. The molecule has 110 heavy (non-hydrogen) atoms. The highest BCUT2D eigenvalue weighted by Gasteiger charge is 2.20. The number of halogens is 2. The lowest BCUT2D eigenvalue weighted by atomic mass is 9.92. The fourth-order valence-corrected chi connectivity index (χ4v) is 12.7. The fourth-order valence-electron chi connectivity index (χ4n) is 11.7. The highest BCUT2D eigenvalue weighted by atomic mass is 79.9. The van der Waals surface area contributed by atoms with Gasteiger partial charge in [0.15, 0.2) is 25.1 Å². The number of carbonyl (C=O) groups is 4. The zero-order valence-corrected chi connectivity index (χ0v) is 63.0. The van der Waals surface area contributed by atoms with Crippen LogP contribution in [0.4, 0.5) is 0 Å². The van der Waals surface area contributed by atoms with Crippen LogP contribution in [0, 0.1) is 73.0 Å². The molecular formula is C88H66Br2N8O12. The molecule has 0 aliphatic carbocycles. The van der Waals surface area contributed by atoms with Crippen LogP contribution in [-0.2, 0) is 52.9 Å². The van der Waals surface area contributed by atoms with E-state index in [1.165, 1.54) is 24.8 Å². The first kappa shape index (κ1) is 77.5. The summed E-state index contributed by atoms with van der Waals surface area (Å²) in [6.07, 6.45) is 15.2. The Labute approximate surface area is 651 Å². The Kier molecular flexibility index (Phi) is 26.4. The minimum atomic E-state index is 0.118. The van der Waals surface area contributed by atoms with Crippen molar-refractivity contribution in [1.82, 2.24) is 19.9 Å². The van der Waals surface area contributed by atoms with Gasteiger partial charge < -0.3 is 37.9 Å². The average Bonchev–Trinajstić information content (AvgIpc) is 0.801. The summed E-state index contributed by atoms with van der Waals surface area (Å²) < 4.78 is 50.0. The molecule has 0 unspecified atom stereocenters. The van der Waals surface area contributed by atoms with Crippen molar-refractivity contribution in [2.45, 2.75) is 80.6 Å². The SMILES string of the molecule is Cc1c(COc2cc(OCc3cncc(C#N)c3)c(C=O)cc2Br)cccc1-c1cccc(COc2cc(OCc3cncc(C#N)c3)c(C=O)cc2Br)c1C.Cc1c(COc2ccc(C=O)c(OCc3cncc(C#N)c3)c2)cccc1-c1cccc(COc2ccc(C=O)c(OCc3cncc(C#N)c3)c2)c1C. The van der Waals surface area contributed by atoms with Gasteiger partial charge in [-0.3, -0.25) is 39.1 Å². The highest BCUT2D eigenvalue weighted by Crippen LogP contribution is 2.39. The first-order valence-corrected chi connectivity index (χ1v) is 35.7. The van der Waals surface area contributed by atoms with E-state index in [2.05, 4.69) is 128 Å². The van der Waals surface area contributed by atoms with Crippen LogP contribution in [-0.4, -0.2) is 45.1 Å². The summed E-state index contributed by atoms with van der Waals surface area (Å²) in [6.45, 7) is 9.83. The van der Waals surface area contributed by atoms with E-state index in [1.54, 1.807) is 110 Å². The van der Waals surface area contributed by atoms with Crippen LogP contribution >= 0.6 is 31.9 Å². The van der Waals surface area contributed by atoms with Crippen LogP contribution in [0.15, 0.2) is 216 Å². The van der Waals surface area contributed by atoms with Crippen LogP contribution in [0.5, 0.6) is 46.0 Å². The molecule has 4 heterocycles. The lowest BCUT2D eigenvalue weighted by Gasteiger charge is -2.18. The van der Waals surface area contributed by atoms with Gasteiger partial charge in [0.2, 0.25) is 0 Å². The van der Waals surface area contributed by atoms with E-state index in [0.717, 1.165) is 91.9 Å². The van der Waals surface area contributed by atoms with E-state index in [0.29, 0.717) is 122 Å². The second kappa shape index (κ2) is 37.6. The molecule has 0 saturated heterocycles. The molecule has 0 N–H and O–H groups in total. The van der Waals surface area contributed by atoms with Crippen molar-refractivity contribution >= 4 is 57.0 Å². The van der Waals surface area contributed by atoms with Crippen molar-refractivity contribution in [2.75, 3.05) is 0 Å². The van der Waals surface area contributed by atoms with Gasteiger partial charge in [-0.2, -0.15) is 21.0 Å². The lowest BCUT2D eigenvalue weighted by Crippen LogP contribution is -2.04. The molecule has 0 amide bonds. The van der Waals surface area contributed by atoms with E-state index in [9.17, 15) is 29.7 Å². The smallest absolute Gasteiger partial charge is 0.153 e. The third kappa shape index (κ3) is 19.7. The van der Waals surface area contributed by atoms with Crippen LogP contribution in [0.25, 0.3) is 22.3 Å². The molecule has 4 aromatic heterocycles. The predicted molar refractivity (Wildman–Crippen MR) is 416 cm³/mol. The molecule has 0 fully saturated rings. The van der Waals surface area contributed by atoms with Gasteiger partial charge in [-0.05, 0) is 187 Å². The maximum Gasteiger partial charge on any atom is 0.153 e. The second-order valence-corrected chi connectivity index (χ2v) is 26.7. The zero-order chi connectivity index (χ0) is 77.5. The zero-order valence-electron chi connectivity index (χ0n) is 59.8. The Morgan fingerprint density at radius 3 is 0.836 bits per heavy atom. The summed E-state index contributed by atoms with van der Waals surface area (Å²) in [6, 6.07) is 56.1. The van der Waals surface area contributed by atoms with Crippen molar-refractivity contribution in [2.24, 2.45) is 0 Å². The normalized spacial score (nSPS) is 10.5. The maximum absolute atomic E-state index is 11.9. The molecule has 0 radical (unpaired) electrons. The number of hydrogen-bond acceptors (Lipinski definition) is 20. The molecule has 0 aliphatic heterocycles. The standard InChI is InChI=1S/C44H32Br2N4O6.C44H34N4O6/c1-27-33(25-55-43-13-41(35(21-51)11-39(43)45)53-23-31-9-29(15-47)17-49-19-31)5-3-7-37(27)38-8-4-6-34(28(38)2)26-56-44-14-42(36(22-52)12-40(44)46)54-24-32-10-30(16-48)18-50-20-32;1-29-37(27-51-39-11-9-35(23-49)43(15-39)53-25-33-13-31(17-45)19-47-21-33)5-3-7-41(29)42-8-4-6-38(30(42)2)28-52-40-12-10-36(24-50)44(16-40)54-26-34-14-32(18-46)20-48-22-34/h3-14,17-22H,23-26H2,1-2H3;3-16,19-24H,25-28H2,1-2H3. The topological polar surface area (TPSA) is 289 Å². The molecule has 22 heteroatoms. The van der Waals surface area contributed by atoms with Crippen LogP contribution in [0.1, 0.15) is 130 Å². The molecule has 0 atom stereocenters. The molecule has 20 nitrogen and oxygen atoms in total. The predicted octanol–water partition coefficient (Wildman–Crippen LogP) is 18.4. The minimum absolute atomic E-state index is 0.118. The van der Waals surface area contributed by atoms with E-state index >= 15 is 0 Å². The number of aldehydes is 4. The second-order valence-electron chi connectivity index (χ2n) is 25.0. The summed E-state index contributed by atoms with van der Waals surface area (Å²) in [5.74, 6) is 3.51. The van der Waals surface area contributed by atoms with Crippen molar-refractivity contribution in [3.8, 4) is 92.5 Å². The molecule has 8 aromatic carbocycles. The number of nitrogens with zero attached hydrogens (tertiary/aromatic N) is 8. The average molecular weight is 1590 g/mol. The molecular weight excluding hydrogens is 1520 g/mol. The summed E-state index contributed by atoms with van der Waals surface area (Å²) in [5, 5.41) is 36.7. The largest absolute Gasteiger partial charge is 0.489 e. The molecule has 12 aromatic rings. The fraction of sp³-hybridized carbons (Fsp3) is 0.136. The summed E-state index contributed by atoms with van der Waals surface area (Å²) in [5.41, 5.74) is 18.3. The van der Waals surface area contributed by atoms with Gasteiger partial charge in [-0.15, -0.1) is 0 Å². The molecule has 544 valence electrons. The van der Waals surface area contributed by atoms with Crippen molar-refractivity contribution in [3.63, 3.8) is 0 Å². The Bertz CT molecular complexity index is 5290. The monoisotopic (exact) mass is 1580 g/mol. The lowest BCUT2D eigenvalue weighted by molar-refractivity contribution is 0.111. The van der Waals surface area contributed by atoms with Gasteiger partial charge in [0.05, 0.1) is 53.5 Å². The van der Waals surface area contributed by atoms with Crippen molar-refractivity contribution < 1.29 is 57.1 Å². The van der Waals surface area contributed by atoms with Crippen LogP contribution < -0.4 is 37.9 Å².